The zero-order chi connectivity index (χ0) is 12.9. The van der Waals surface area contributed by atoms with Crippen LogP contribution >= 0.6 is 11.6 Å². The summed E-state index contributed by atoms with van der Waals surface area (Å²) in [5.41, 5.74) is 2.48. The number of furan rings is 1. The van der Waals surface area contributed by atoms with Gasteiger partial charge in [-0.25, -0.2) is 0 Å². The molecule has 2 atom stereocenters. The highest BCUT2D eigenvalue weighted by Gasteiger charge is 2.49. The molecule has 1 aliphatic heterocycles. The number of hydrogen-bond acceptors (Lipinski definition) is 2. The van der Waals surface area contributed by atoms with Crippen LogP contribution in [0.3, 0.4) is 0 Å². The molecule has 1 aliphatic carbocycles. The predicted molar refractivity (Wildman–Crippen MR) is 75.9 cm³/mol. The average molecular weight is 277 g/mol. The standard InChI is InChI=1S/C16H17ClO2/c17-9-11-5-6-14-15(16(11)7-8-18-10-16)12-3-1-2-4-13(12)19-14/h1-4,11H,5-10H2. The normalized spacial score (nSPS) is 30.1. The number of benzene rings is 1. The summed E-state index contributed by atoms with van der Waals surface area (Å²) < 4.78 is 11.8. The van der Waals surface area contributed by atoms with Gasteiger partial charge in [-0.3, -0.25) is 0 Å². The first-order valence-electron chi connectivity index (χ1n) is 7.00. The number of rotatable bonds is 1. The van der Waals surface area contributed by atoms with Gasteiger partial charge in [0.05, 0.1) is 6.61 Å². The van der Waals surface area contributed by atoms with Crippen molar-refractivity contribution in [3.63, 3.8) is 0 Å². The van der Waals surface area contributed by atoms with Crippen LogP contribution in [0.1, 0.15) is 24.2 Å². The lowest BCUT2D eigenvalue weighted by Crippen LogP contribution is -2.40. The number of ether oxygens (including phenoxy) is 1. The van der Waals surface area contributed by atoms with E-state index in [2.05, 4.69) is 18.2 Å². The lowest BCUT2D eigenvalue weighted by Gasteiger charge is -2.39. The molecule has 0 bridgehead atoms. The first kappa shape index (κ1) is 11.8. The van der Waals surface area contributed by atoms with Crippen LogP contribution < -0.4 is 0 Å². The monoisotopic (exact) mass is 276 g/mol. The van der Waals surface area contributed by atoms with Gasteiger partial charge in [-0.05, 0) is 24.8 Å². The van der Waals surface area contributed by atoms with Gasteiger partial charge in [0.15, 0.2) is 0 Å². The van der Waals surface area contributed by atoms with E-state index in [4.69, 9.17) is 20.8 Å². The maximum absolute atomic E-state index is 6.25. The van der Waals surface area contributed by atoms with E-state index in [9.17, 15) is 0 Å². The lowest BCUT2D eigenvalue weighted by atomic mass is 9.64. The lowest BCUT2D eigenvalue weighted by molar-refractivity contribution is 0.150. The van der Waals surface area contributed by atoms with Crippen LogP contribution in [0.15, 0.2) is 28.7 Å². The summed E-state index contributed by atoms with van der Waals surface area (Å²) in [6, 6.07) is 8.36. The zero-order valence-corrected chi connectivity index (χ0v) is 11.6. The average Bonchev–Trinajstić information content (AvgIpc) is 3.04. The van der Waals surface area contributed by atoms with Crippen molar-refractivity contribution in [2.75, 3.05) is 19.1 Å². The van der Waals surface area contributed by atoms with Gasteiger partial charge in [-0.1, -0.05) is 18.2 Å². The van der Waals surface area contributed by atoms with Crippen LogP contribution in [-0.4, -0.2) is 19.1 Å². The molecule has 2 nitrogen and oxygen atoms in total. The van der Waals surface area contributed by atoms with Crippen LogP contribution in [0, 0.1) is 5.92 Å². The van der Waals surface area contributed by atoms with Crippen molar-refractivity contribution >= 4 is 22.6 Å². The summed E-state index contributed by atoms with van der Waals surface area (Å²) in [6.07, 6.45) is 3.18. The quantitative estimate of drug-likeness (QED) is 0.737. The van der Waals surface area contributed by atoms with Gasteiger partial charge in [-0.2, -0.15) is 0 Å². The molecule has 0 saturated carbocycles. The molecule has 1 aromatic heterocycles. The van der Waals surface area contributed by atoms with Gasteiger partial charge < -0.3 is 9.15 Å². The van der Waals surface area contributed by atoms with Gasteiger partial charge in [0.2, 0.25) is 0 Å². The molecule has 2 heterocycles. The second-order valence-corrected chi connectivity index (χ2v) is 6.05. The third-order valence-electron chi connectivity index (χ3n) is 4.91. The highest BCUT2D eigenvalue weighted by Crippen LogP contribution is 2.50. The fourth-order valence-corrected chi connectivity index (χ4v) is 4.38. The Morgan fingerprint density at radius 2 is 2.21 bits per heavy atom. The molecule has 0 N–H and O–H groups in total. The smallest absolute Gasteiger partial charge is 0.134 e. The summed E-state index contributed by atoms with van der Waals surface area (Å²) in [4.78, 5) is 0. The van der Waals surface area contributed by atoms with Crippen molar-refractivity contribution < 1.29 is 9.15 Å². The SMILES string of the molecule is ClCC1CCc2oc3ccccc3c2C12CCOC2. The number of alkyl halides is 1. The molecule has 3 heteroatoms. The Labute approximate surface area is 117 Å². The Kier molecular flexibility index (Phi) is 2.64. The topological polar surface area (TPSA) is 22.4 Å². The van der Waals surface area contributed by atoms with Crippen molar-refractivity contribution in [2.24, 2.45) is 5.92 Å². The number of halogens is 1. The maximum atomic E-state index is 6.25. The summed E-state index contributed by atoms with van der Waals surface area (Å²) in [7, 11) is 0. The van der Waals surface area contributed by atoms with Gasteiger partial charge in [0, 0.05) is 35.3 Å². The Morgan fingerprint density at radius 3 is 3.00 bits per heavy atom. The highest BCUT2D eigenvalue weighted by molar-refractivity contribution is 6.18. The largest absolute Gasteiger partial charge is 0.461 e. The molecular weight excluding hydrogens is 260 g/mol. The molecular formula is C16H17ClO2. The molecule has 1 spiro atoms. The van der Waals surface area contributed by atoms with Gasteiger partial charge in [-0.15, -0.1) is 11.6 Å². The molecule has 0 radical (unpaired) electrons. The fourth-order valence-electron chi connectivity index (χ4n) is 3.93. The summed E-state index contributed by atoms with van der Waals surface area (Å²) >= 11 is 6.25. The van der Waals surface area contributed by atoms with E-state index in [1.807, 2.05) is 6.07 Å². The number of aryl methyl sites for hydroxylation is 1. The van der Waals surface area contributed by atoms with E-state index in [1.54, 1.807) is 0 Å². The van der Waals surface area contributed by atoms with Crippen molar-refractivity contribution in [2.45, 2.75) is 24.7 Å². The predicted octanol–water partition coefficient (Wildman–Crippen LogP) is 3.89. The molecule has 2 unspecified atom stereocenters. The minimum absolute atomic E-state index is 0.0853. The number of fused-ring (bicyclic) bond motifs is 4. The number of para-hydroxylation sites is 1. The molecule has 2 aliphatic rings. The van der Waals surface area contributed by atoms with E-state index >= 15 is 0 Å². The molecule has 1 aromatic carbocycles. The van der Waals surface area contributed by atoms with Crippen LogP contribution in [0.4, 0.5) is 0 Å². The first-order chi connectivity index (χ1) is 9.35. The summed E-state index contributed by atoms with van der Waals surface area (Å²) in [5, 5.41) is 1.26. The van der Waals surface area contributed by atoms with E-state index in [0.29, 0.717) is 11.8 Å². The molecule has 0 amide bonds. The third kappa shape index (κ3) is 1.53. The van der Waals surface area contributed by atoms with Gasteiger partial charge in [0.25, 0.3) is 0 Å². The van der Waals surface area contributed by atoms with Crippen LogP contribution in [0.25, 0.3) is 11.0 Å². The second-order valence-electron chi connectivity index (χ2n) is 5.75. The van der Waals surface area contributed by atoms with Crippen molar-refractivity contribution in [3.05, 3.63) is 35.6 Å². The van der Waals surface area contributed by atoms with E-state index < -0.39 is 0 Å². The summed E-state index contributed by atoms with van der Waals surface area (Å²) in [5.74, 6) is 2.38. The third-order valence-corrected chi connectivity index (χ3v) is 5.28. The summed E-state index contributed by atoms with van der Waals surface area (Å²) in [6.45, 7) is 1.63. The Balaban J connectivity index is 1.99. The van der Waals surface area contributed by atoms with Crippen molar-refractivity contribution in [1.82, 2.24) is 0 Å². The molecule has 2 aromatic rings. The molecule has 100 valence electrons. The van der Waals surface area contributed by atoms with E-state index in [0.717, 1.165) is 43.8 Å². The van der Waals surface area contributed by atoms with Crippen LogP contribution in [0.5, 0.6) is 0 Å². The Morgan fingerprint density at radius 1 is 1.32 bits per heavy atom. The molecule has 1 fully saturated rings. The van der Waals surface area contributed by atoms with Gasteiger partial charge in [0.1, 0.15) is 11.3 Å². The van der Waals surface area contributed by atoms with Gasteiger partial charge >= 0.3 is 0 Å². The Bertz CT molecular complexity index is 610. The maximum Gasteiger partial charge on any atom is 0.134 e. The van der Waals surface area contributed by atoms with Crippen molar-refractivity contribution in [3.8, 4) is 0 Å². The van der Waals surface area contributed by atoms with E-state index in [1.165, 1.54) is 10.9 Å². The highest BCUT2D eigenvalue weighted by atomic mass is 35.5. The number of hydrogen-bond donors (Lipinski definition) is 0. The zero-order valence-electron chi connectivity index (χ0n) is 10.8. The van der Waals surface area contributed by atoms with Crippen LogP contribution in [0.2, 0.25) is 0 Å². The second kappa shape index (κ2) is 4.26. The van der Waals surface area contributed by atoms with E-state index in [-0.39, 0.29) is 5.41 Å². The van der Waals surface area contributed by atoms with Crippen molar-refractivity contribution in [1.29, 1.82) is 0 Å². The minimum atomic E-state index is 0.0853. The molecule has 4 rings (SSSR count). The Hall–Kier alpha value is -0.990. The first-order valence-corrected chi connectivity index (χ1v) is 7.53. The molecule has 19 heavy (non-hydrogen) atoms. The molecule has 1 saturated heterocycles. The van der Waals surface area contributed by atoms with Crippen LogP contribution in [-0.2, 0) is 16.6 Å². The minimum Gasteiger partial charge on any atom is -0.461 e. The fraction of sp³-hybridized carbons (Fsp3) is 0.500.